The number of ketones is 2. The summed E-state index contributed by atoms with van der Waals surface area (Å²) < 4.78 is 0.741. The Labute approximate surface area is 96.0 Å². The van der Waals surface area contributed by atoms with Crippen LogP contribution in [0, 0.1) is 0 Å². The number of hydrogen-bond donors (Lipinski definition) is 0. The van der Waals surface area contributed by atoms with E-state index in [0.717, 1.165) is 10.3 Å². The molecule has 1 aromatic heterocycles. The fourth-order valence-electron chi connectivity index (χ4n) is 1.85. The lowest BCUT2D eigenvalue weighted by atomic mass is 9.85. The van der Waals surface area contributed by atoms with Gasteiger partial charge >= 0.3 is 0 Å². The molecule has 0 spiro atoms. The molecule has 2 rings (SSSR count). The normalized spacial score (nSPS) is 18.2. The number of aromatic nitrogens is 1. The third-order valence-electron chi connectivity index (χ3n) is 2.50. The van der Waals surface area contributed by atoms with Crippen LogP contribution < -0.4 is 0 Å². The number of hydrogen-bond acceptors (Lipinski definition) is 3. The van der Waals surface area contributed by atoms with Crippen LogP contribution in [0.1, 0.15) is 30.9 Å². The van der Waals surface area contributed by atoms with E-state index in [1.165, 1.54) is 0 Å². The molecule has 1 aromatic rings. The SMILES string of the molecule is O=C1CC(=O)CC(c2cccc(Br)n2)C1. The summed E-state index contributed by atoms with van der Waals surface area (Å²) in [5, 5.41) is 0. The fraction of sp³-hybridized carbons (Fsp3) is 0.364. The van der Waals surface area contributed by atoms with Crippen LogP contribution in [0.2, 0.25) is 0 Å². The Bertz CT molecular complexity index is 401. The number of nitrogens with zero attached hydrogens (tertiary/aromatic N) is 1. The molecule has 0 saturated heterocycles. The van der Waals surface area contributed by atoms with E-state index >= 15 is 0 Å². The van der Waals surface area contributed by atoms with Crippen molar-refractivity contribution in [2.24, 2.45) is 0 Å². The van der Waals surface area contributed by atoms with Crippen molar-refractivity contribution < 1.29 is 9.59 Å². The first-order valence-corrected chi connectivity index (χ1v) is 5.60. The van der Waals surface area contributed by atoms with Gasteiger partial charge in [-0.05, 0) is 28.1 Å². The molecule has 0 unspecified atom stereocenters. The van der Waals surface area contributed by atoms with Gasteiger partial charge in [0.25, 0.3) is 0 Å². The van der Waals surface area contributed by atoms with E-state index in [4.69, 9.17) is 0 Å². The van der Waals surface area contributed by atoms with Crippen molar-refractivity contribution >= 4 is 27.5 Å². The first-order chi connectivity index (χ1) is 7.15. The lowest BCUT2D eigenvalue weighted by molar-refractivity contribution is -0.130. The number of Topliss-reactive ketones (excluding diaryl/α,β-unsaturated/α-hetero) is 2. The van der Waals surface area contributed by atoms with Crippen LogP contribution >= 0.6 is 15.9 Å². The standard InChI is InChI=1S/C11H10BrNO2/c12-11-3-1-2-10(13-11)7-4-8(14)6-9(15)5-7/h1-3,7H,4-6H2. The van der Waals surface area contributed by atoms with E-state index < -0.39 is 0 Å². The van der Waals surface area contributed by atoms with Crippen LogP contribution in [-0.2, 0) is 9.59 Å². The molecule has 0 aliphatic heterocycles. The van der Waals surface area contributed by atoms with Crippen molar-refractivity contribution in [1.29, 1.82) is 0 Å². The molecule has 1 fully saturated rings. The Balaban J connectivity index is 2.23. The molecule has 0 amide bonds. The highest BCUT2D eigenvalue weighted by Gasteiger charge is 2.27. The molecule has 0 radical (unpaired) electrons. The van der Waals surface area contributed by atoms with Gasteiger partial charge in [0, 0.05) is 24.5 Å². The van der Waals surface area contributed by atoms with Gasteiger partial charge in [-0.3, -0.25) is 9.59 Å². The first-order valence-electron chi connectivity index (χ1n) is 4.81. The maximum atomic E-state index is 11.3. The lowest BCUT2D eigenvalue weighted by Crippen LogP contribution is -2.21. The number of carbonyl (C=O) groups is 2. The quantitative estimate of drug-likeness (QED) is 0.579. The first kappa shape index (κ1) is 10.5. The van der Waals surface area contributed by atoms with E-state index in [1.54, 1.807) is 0 Å². The van der Waals surface area contributed by atoms with Crippen molar-refractivity contribution in [3.63, 3.8) is 0 Å². The second kappa shape index (κ2) is 4.23. The van der Waals surface area contributed by atoms with E-state index in [-0.39, 0.29) is 23.9 Å². The van der Waals surface area contributed by atoms with Gasteiger partial charge in [-0.25, -0.2) is 4.98 Å². The highest BCUT2D eigenvalue weighted by Crippen LogP contribution is 2.28. The molecular formula is C11H10BrNO2. The zero-order valence-corrected chi connectivity index (χ0v) is 9.66. The molecule has 1 saturated carbocycles. The Morgan fingerprint density at radius 3 is 2.47 bits per heavy atom. The van der Waals surface area contributed by atoms with Gasteiger partial charge in [-0.1, -0.05) is 6.07 Å². The molecule has 0 N–H and O–H groups in total. The molecule has 15 heavy (non-hydrogen) atoms. The van der Waals surface area contributed by atoms with Gasteiger partial charge in [-0.2, -0.15) is 0 Å². The van der Waals surface area contributed by atoms with Gasteiger partial charge < -0.3 is 0 Å². The van der Waals surface area contributed by atoms with Crippen molar-refractivity contribution in [1.82, 2.24) is 4.98 Å². The van der Waals surface area contributed by atoms with Gasteiger partial charge in [-0.15, -0.1) is 0 Å². The third kappa shape index (κ3) is 2.50. The van der Waals surface area contributed by atoms with Gasteiger partial charge in [0.2, 0.25) is 0 Å². The Morgan fingerprint density at radius 1 is 1.20 bits per heavy atom. The van der Waals surface area contributed by atoms with Gasteiger partial charge in [0.15, 0.2) is 0 Å². The zero-order chi connectivity index (χ0) is 10.8. The number of rotatable bonds is 1. The average Bonchev–Trinajstić information content (AvgIpc) is 2.16. The smallest absolute Gasteiger partial charge is 0.140 e. The number of pyridine rings is 1. The molecule has 1 aliphatic carbocycles. The summed E-state index contributed by atoms with van der Waals surface area (Å²) in [6.45, 7) is 0. The predicted molar refractivity (Wildman–Crippen MR) is 58.5 cm³/mol. The van der Waals surface area contributed by atoms with Crippen molar-refractivity contribution in [2.75, 3.05) is 0 Å². The lowest BCUT2D eigenvalue weighted by Gasteiger charge is -2.19. The largest absolute Gasteiger partial charge is 0.299 e. The highest BCUT2D eigenvalue weighted by molar-refractivity contribution is 9.10. The number of carbonyl (C=O) groups excluding carboxylic acids is 2. The molecule has 0 aromatic carbocycles. The molecular weight excluding hydrogens is 258 g/mol. The topological polar surface area (TPSA) is 47.0 Å². The maximum absolute atomic E-state index is 11.3. The van der Waals surface area contributed by atoms with Crippen LogP contribution in [-0.4, -0.2) is 16.6 Å². The van der Waals surface area contributed by atoms with Crippen molar-refractivity contribution in [3.8, 4) is 0 Å². The molecule has 78 valence electrons. The Morgan fingerprint density at radius 2 is 1.87 bits per heavy atom. The van der Waals surface area contributed by atoms with E-state index in [9.17, 15) is 9.59 Å². The second-order valence-corrected chi connectivity index (χ2v) is 4.56. The monoisotopic (exact) mass is 267 g/mol. The molecule has 1 aliphatic rings. The van der Waals surface area contributed by atoms with Crippen LogP contribution in [0.3, 0.4) is 0 Å². The molecule has 0 bridgehead atoms. The zero-order valence-electron chi connectivity index (χ0n) is 8.07. The minimum atomic E-state index is -0.0313. The second-order valence-electron chi connectivity index (χ2n) is 3.74. The van der Waals surface area contributed by atoms with Crippen molar-refractivity contribution in [3.05, 3.63) is 28.5 Å². The van der Waals surface area contributed by atoms with E-state index in [1.807, 2.05) is 18.2 Å². The molecule has 0 atom stereocenters. The third-order valence-corrected chi connectivity index (χ3v) is 2.94. The minimum absolute atomic E-state index is 0.0259. The van der Waals surface area contributed by atoms with Gasteiger partial charge in [0.1, 0.15) is 16.2 Å². The molecule has 1 heterocycles. The summed E-state index contributed by atoms with van der Waals surface area (Å²) in [4.78, 5) is 26.8. The summed E-state index contributed by atoms with van der Waals surface area (Å²) in [7, 11) is 0. The Hall–Kier alpha value is -1.03. The average molecular weight is 268 g/mol. The summed E-state index contributed by atoms with van der Waals surface area (Å²) in [5.74, 6) is 0.0206. The minimum Gasteiger partial charge on any atom is -0.299 e. The van der Waals surface area contributed by atoms with Crippen LogP contribution in [0.15, 0.2) is 22.8 Å². The molecule has 3 nitrogen and oxygen atoms in total. The summed E-state index contributed by atoms with van der Waals surface area (Å²) in [5.41, 5.74) is 0.825. The fourth-order valence-corrected chi connectivity index (χ4v) is 2.20. The van der Waals surface area contributed by atoms with Crippen LogP contribution in [0.25, 0.3) is 0 Å². The van der Waals surface area contributed by atoms with Crippen LogP contribution in [0.5, 0.6) is 0 Å². The van der Waals surface area contributed by atoms with E-state index in [0.29, 0.717) is 12.8 Å². The predicted octanol–water partition coefficient (Wildman–Crippen LogP) is 2.25. The van der Waals surface area contributed by atoms with E-state index in [2.05, 4.69) is 20.9 Å². The highest BCUT2D eigenvalue weighted by atomic mass is 79.9. The maximum Gasteiger partial charge on any atom is 0.140 e. The summed E-state index contributed by atoms with van der Waals surface area (Å²) in [6.07, 6.45) is 0.981. The van der Waals surface area contributed by atoms with Crippen molar-refractivity contribution in [2.45, 2.75) is 25.2 Å². The summed E-state index contributed by atoms with van der Waals surface area (Å²) >= 11 is 3.28. The Kier molecular flexibility index (Phi) is 2.95. The summed E-state index contributed by atoms with van der Waals surface area (Å²) in [6, 6.07) is 5.56. The van der Waals surface area contributed by atoms with Crippen LogP contribution in [0.4, 0.5) is 0 Å². The molecule has 4 heteroatoms. The van der Waals surface area contributed by atoms with Gasteiger partial charge in [0.05, 0.1) is 6.42 Å². The number of halogens is 1.